The molecule has 0 radical (unpaired) electrons. The molecule has 1 heterocycles. The van der Waals surface area contributed by atoms with Gasteiger partial charge in [0.15, 0.2) is 0 Å². The van der Waals surface area contributed by atoms with E-state index in [2.05, 4.69) is 0 Å². The summed E-state index contributed by atoms with van der Waals surface area (Å²) >= 11 is 0. The fourth-order valence-electron chi connectivity index (χ4n) is 2.63. The molecule has 17 heavy (non-hydrogen) atoms. The van der Waals surface area contributed by atoms with Crippen molar-refractivity contribution in [1.82, 2.24) is 0 Å². The van der Waals surface area contributed by atoms with Crippen molar-refractivity contribution in [2.75, 3.05) is 0 Å². The average Bonchev–Trinajstić information content (AvgIpc) is 2.72. The van der Waals surface area contributed by atoms with Gasteiger partial charge in [-0.15, -0.1) is 0 Å². The Morgan fingerprint density at radius 1 is 1.53 bits per heavy atom. The molecule has 3 heteroatoms. The number of ether oxygens (including phenoxy) is 1. The lowest BCUT2D eigenvalue weighted by molar-refractivity contribution is -0.135. The molecule has 3 rings (SSSR count). The molecule has 0 saturated carbocycles. The molecule has 1 atom stereocenters. The molecular weight excluding hydrogens is 216 g/mol. The minimum Gasteiger partial charge on any atom is -0.426 e. The van der Waals surface area contributed by atoms with Gasteiger partial charge < -0.3 is 4.74 Å². The van der Waals surface area contributed by atoms with Crippen molar-refractivity contribution >= 4 is 11.8 Å². The van der Waals surface area contributed by atoms with Gasteiger partial charge in [0.25, 0.3) is 0 Å². The van der Waals surface area contributed by atoms with Crippen LogP contribution in [0.4, 0.5) is 0 Å². The van der Waals surface area contributed by atoms with Crippen LogP contribution in [0, 0.1) is 5.92 Å². The Morgan fingerprint density at radius 2 is 2.35 bits per heavy atom. The zero-order valence-electron chi connectivity index (χ0n) is 9.53. The van der Waals surface area contributed by atoms with Crippen molar-refractivity contribution in [3.8, 4) is 0 Å². The molecule has 86 valence electrons. The molecule has 0 spiro atoms. The second-order valence-electron chi connectivity index (χ2n) is 4.57. The standard InChI is InChI=1S/C14H12O3/c1-8(15)5-9-3-2-4-10-6-12-11(14(9)10)7-13(16)17-12/h2-4,6,9H,5,7H2,1H3. The van der Waals surface area contributed by atoms with Crippen molar-refractivity contribution in [3.05, 3.63) is 46.8 Å². The molecule has 0 N–H and O–H groups in total. The van der Waals surface area contributed by atoms with E-state index in [4.69, 9.17) is 4.74 Å². The number of fused-ring (bicyclic) bond motifs is 2. The third-order valence-corrected chi connectivity index (χ3v) is 3.26. The maximum atomic E-state index is 11.3. The fraction of sp³-hybridized carbons (Fsp3) is 0.286. The Hall–Kier alpha value is -1.90. The van der Waals surface area contributed by atoms with Crippen LogP contribution in [0.5, 0.6) is 0 Å². The number of carbonyl (C=O) groups excluding carboxylic acids is 2. The highest BCUT2D eigenvalue weighted by Crippen LogP contribution is 2.44. The summed E-state index contributed by atoms with van der Waals surface area (Å²) in [6.45, 7) is 1.59. The van der Waals surface area contributed by atoms with E-state index in [0.29, 0.717) is 18.6 Å². The summed E-state index contributed by atoms with van der Waals surface area (Å²) in [4.78, 5) is 22.5. The lowest BCUT2D eigenvalue weighted by Crippen LogP contribution is -2.10. The third-order valence-electron chi connectivity index (χ3n) is 3.26. The van der Waals surface area contributed by atoms with E-state index in [0.717, 1.165) is 16.7 Å². The highest BCUT2D eigenvalue weighted by Gasteiger charge is 2.35. The predicted molar refractivity (Wildman–Crippen MR) is 61.8 cm³/mol. The number of esters is 1. The Morgan fingerprint density at radius 3 is 3.12 bits per heavy atom. The summed E-state index contributed by atoms with van der Waals surface area (Å²) in [6, 6.07) is 0. The number of hydrogen-bond donors (Lipinski definition) is 0. The lowest BCUT2D eigenvalue weighted by Gasteiger charge is -2.18. The van der Waals surface area contributed by atoms with E-state index < -0.39 is 0 Å². The van der Waals surface area contributed by atoms with Crippen LogP contribution in [0.1, 0.15) is 19.8 Å². The normalized spacial score (nSPS) is 25.2. The molecule has 1 unspecified atom stereocenters. The third kappa shape index (κ3) is 1.58. The molecule has 2 aliphatic carbocycles. The molecule has 1 fully saturated rings. The molecule has 3 nitrogen and oxygen atoms in total. The zero-order valence-corrected chi connectivity index (χ0v) is 9.53. The van der Waals surface area contributed by atoms with Crippen molar-refractivity contribution in [3.63, 3.8) is 0 Å². The van der Waals surface area contributed by atoms with Gasteiger partial charge in [-0.3, -0.25) is 9.59 Å². The van der Waals surface area contributed by atoms with Gasteiger partial charge in [-0.25, -0.2) is 0 Å². The van der Waals surface area contributed by atoms with E-state index in [9.17, 15) is 9.59 Å². The summed E-state index contributed by atoms with van der Waals surface area (Å²) in [5.41, 5.74) is 3.15. The quantitative estimate of drug-likeness (QED) is 0.680. The zero-order chi connectivity index (χ0) is 12.0. The van der Waals surface area contributed by atoms with Crippen LogP contribution in [0.25, 0.3) is 0 Å². The summed E-state index contributed by atoms with van der Waals surface area (Å²) < 4.78 is 5.14. The molecule has 0 bridgehead atoms. The number of rotatable bonds is 2. The SMILES string of the molecule is CC(=O)CC1C=CC=C2C=C3OC(=O)CC3=C21. The van der Waals surface area contributed by atoms with Crippen LogP contribution in [0.15, 0.2) is 46.8 Å². The van der Waals surface area contributed by atoms with Crippen LogP contribution < -0.4 is 0 Å². The molecular formula is C14H12O3. The van der Waals surface area contributed by atoms with Gasteiger partial charge >= 0.3 is 5.97 Å². The number of ketones is 1. The van der Waals surface area contributed by atoms with E-state index in [1.165, 1.54) is 0 Å². The summed E-state index contributed by atoms with van der Waals surface area (Å²) in [6.07, 6.45) is 8.70. The maximum Gasteiger partial charge on any atom is 0.315 e. The van der Waals surface area contributed by atoms with Crippen molar-refractivity contribution in [1.29, 1.82) is 0 Å². The van der Waals surface area contributed by atoms with E-state index in [1.807, 2.05) is 24.3 Å². The molecule has 3 aliphatic rings. The smallest absolute Gasteiger partial charge is 0.315 e. The van der Waals surface area contributed by atoms with E-state index in [-0.39, 0.29) is 17.7 Å². The van der Waals surface area contributed by atoms with Crippen molar-refractivity contribution in [2.45, 2.75) is 19.8 Å². The largest absolute Gasteiger partial charge is 0.426 e. The monoisotopic (exact) mass is 228 g/mol. The second kappa shape index (κ2) is 3.55. The first kappa shape index (κ1) is 10.3. The number of hydrogen-bond acceptors (Lipinski definition) is 3. The summed E-state index contributed by atoms with van der Waals surface area (Å²) in [5, 5.41) is 0. The second-order valence-corrected chi connectivity index (χ2v) is 4.57. The summed E-state index contributed by atoms with van der Waals surface area (Å²) in [5.74, 6) is 0.723. The highest BCUT2D eigenvalue weighted by molar-refractivity contribution is 5.84. The van der Waals surface area contributed by atoms with E-state index >= 15 is 0 Å². The Labute approximate surface area is 99.1 Å². The molecule has 0 amide bonds. The summed E-state index contributed by atoms with van der Waals surface area (Å²) in [7, 11) is 0. The van der Waals surface area contributed by atoms with Gasteiger partial charge in [0.1, 0.15) is 11.5 Å². The molecule has 1 saturated heterocycles. The fourth-order valence-corrected chi connectivity index (χ4v) is 2.63. The molecule has 0 aromatic carbocycles. The Bertz CT molecular complexity index is 544. The van der Waals surface area contributed by atoms with Crippen molar-refractivity contribution < 1.29 is 14.3 Å². The van der Waals surface area contributed by atoms with Gasteiger partial charge in [0.05, 0.1) is 6.42 Å². The maximum absolute atomic E-state index is 11.3. The number of carbonyl (C=O) groups is 2. The van der Waals surface area contributed by atoms with Crippen LogP contribution in [-0.2, 0) is 14.3 Å². The first-order valence-electron chi connectivity index (χ1n) is 5.69. The van der Waals surface area contributed by atoms with Crippen LogP contribution in [0.3, 0.4) is 0 Å². The van der Waals surface area contributed by atoms with Gasteiger partial charge in [-0.1, -0.05) is 18.2 Å². The average molecular weight is 228 g/mol. The van der Waals surface area contributed by atoms with Gasteiger partial charge in [-0.05, 0) is 24.1 Å². The lowest BCUT2D eigenvalue weighted by atomic mass is 9.84. The van der Waals surface area contributed by atoms with Gasteiger partial charge in [-0.2, -0.15) is 0 Å². The first-order valence-corrected chi connectivity index (χ1v) is 5.69. The van der Waals surface area contributed by atoms with Crippen LogP contribution in [0.2, 0.25) is 0 Å². The van der Waals surface area contributed by atoms with E-state index in [1.54, 1.807) is 6.92 Å². The van der Waals surface area contributed by atoms with Crippen LogP contribution >= 0.6 is 0 Å². The highest BCUT2D eigenvalue weighted by atomic mass is 16.5. The van der Waals surface area contributed by atoms with Gasteiger partial charge in [0.2, 0.25) is 0 Å². The minimum atomic E-state index is -0.200. The molecule has 1 aliphatic heterocycles. The number of allylic oxidation sites excluding steroid dienone is 7. The number of Topliss-reactive ketones (excluding diaryl/α,β-unsaturated/α-hetero) is 1. The van der Waals surface area contributed by atoms with Crippen molar-refractivity contribution in [2.24, 2.45) is 5.92 Å². The van der Waals surface area contributed by atoms with Gasteiger partial charge in [0, 0.05) is 17.9 Å². The predicted octanol–water partition coefficient (Wildman–Crippen LogP) is 2.22. The van der Waals surface area contributed by atoms with Crippen LogP contribution in [-0.4, -0.2) is 11.8 Å². The minimum absolute atomic E-state index is 0.0887. The first-order chi connectivity index (χ1) is 8.15. The molecule has 0 aromatic heterocycles. The Balaban J connectivity index is 2.02. The Kier molecular flexibility index (Phi) is 2.15. The topological polar surface area (TPSA) is 43.4 Å². The molecule has 0 aromatic rings.